The van der Waals surface area contributed by atoms with Gasteiger partial charge in [0, 0.05) is 10.4 Å². The van der Waals surface area contributed by atoms with Crippen LogP contribution in [0.3, 0.4) is 0 Å². The van der Waals surface area contributed by atoms with E-state index in [0.29, 0.717) is 5.69 Å². The van der Waals surface area contributed by atoms with Gasteiger partial charge in [0.05, 0.1) is 0 Å². The molecule has 0 aliphatic heterocycles. The molecule has 0 spiro atoms. The molecule has 0 saturated carbocycles. The number of benzene rings is 2. The Kier molecular flexibility index (Phi) is 4.30. The van der Waals surface area contributed by atoms with E-state index in [9.17, 15) is 4.79 Å². The molecular weight excluding hydrogens is 294 g/mol. The normalized spacial score (nSPS) is 10.4. The van der Waals surface area contributed by atoms with Crippen LogP contribution < -0.4 is 0 Å². The minimum absolute atomic E-state index is 0.261. The molecule has 0 saturated heterocycles. The Labute approximate surface area is 133 Å². The van der Waals surface area contributed by atoms with E-state index in [4.69, 9.17) is 4.74 Å². The summed E-state index contributed by atoms with van der Waals surface area (Å²) < 4.78 is 5.35. The summed E-state index contributed by atoms with van der Waals surface area (Å²) in [5.41, 5.74) is 2.38. The van der Waals surface area contributed by atoms with Crippen LogP contribution in [0.2, 0.25) is 0 Å². The maximum absolute atomic E-state index is 12.2. The van der Waals surface area contributed by atoms with Crippen molar-refractivity contribution in [2.24, 2.45) is 0 Å². The minimum atomic E-state index is -0.375. The Hall–Kier alpha value is -2.46. The van der Waals surface area contributed by atoms with Gasteiger partial charge in [0.1, 0.15) is 11.6 Å². The Morgan fingerprint density at radius 1 is 1.05 bits per heavy atom. The van der Waals surface area contributed by atoms with E-state index >= 15 is 0 Å². The fourth-order valence-electron chi connectivity index (χ4n) is 2.08. The maximum Gasteiger partial charge on any atom is 0.358 e. The third-order valence-corrected chi connectivity index (χ3v) is 4.24. The second-order valence-electron chi connectivity index (χ2n) is 4.85. The largest absolute Gasteiger partial charge is 0.456 e. The Bertz CT molecular complexity index is 766. The maximum atomic E-state index is 12.2. The molecular formula is C18H15NO2S. The van der Waals surface area contributed by atoms with E-state index in [1.807, 2.05) is 67.6 Å². The number of nitrogens with zero attached hydrogens (tertiary/aromatic N) is 1. The zero-order valence-electron chi connectivity index (χ0n) is 12.2. The van der Waals surface area contributed by atoms with Gasteiger partial charge >= 0.3 is 5.97 Å². The van der Waals surface area contributed by atoms with Crippen LogP contribution in [-0.2, 0) is 11.3 Å². The van der Waals surface area contributed by atoms with E-state index in [-0.39, 0.29) is 12.6 Å². The fourth-order valence-corrected chi connectivity index (χ4v) is 2.99. The molecule has 22 heavy (non-hydrogen) atoms. The Morgan fingerprint density at radius 3 is 2.36 bits per heavy atom. The predicted molar refractivity (Wildman–Crippen MR) is 87.8 cm³/mol. The highest BCUT2D eigenvalue weighted by Crippen LogP contribution is 2.27. The molecule has 0 aliphatic rings. The van der Waals surface area contributed by atoms with Crippen molar-refractivity contribution in [2.45, 2.75) is 13.5 Å². The summed E-state index contributed by atoms with van der Waals surface area (Å²) in [7, 11) is 0. The minimum Gasteiger partial charge on any atom is -0.456 e. The molecule has 0 radical (unpaired) electrons. The van der Waals surface area contributed by atoms with Crippen molar-refractivity contribution in [3.63, 3.8) is 0 Å². The second-order valence-corrected chi connectivity index (χ2v) is 6.05. The number of hydrogen-bond donors (Lipinski definition) is 0. The van der Waals surface area contributed by atoms with Crippen molar-refractivity contribution in [3.05, 3.63) is 76.8 Å². The third-order valence-electron chi connectivity index (χ3n) is 3.22. The predicted octanol–water partition coefficient (Wildman–Crippen LogP) is 4.48. The lowest BCUT2D eigenvalue weighted by molar-refractivity contribution is 0.0466. The van der Waals surface area contributed by atoms with Gasteiger partial charge in [0.15, 0.2) is 5.69 Å². The molecule has 0 unspecified atom stereocenters. The molecule has 0 atom stereocenters. The third kappa shape index (κ3) is 3.23. The van der Waals surface area contributed by atoms with E-state index in [1.165, 1.54) is 11.3 Å². The van der Waals surface area contributed by atoms with Crippen LogP contribution in [-0.4, -0.2) is 11.0 Å². The Balaban J connectivity index is 1.74. The van der Waals surface area contributed by atoms with Crippen molar-refractivity contribution >= 4 is 17.3 Å². The second kappa shape index (κ2) is 6.54. The standard InChI is InChI=1S/C18H15NO2S/c1-13-16(18(20)21-12-14-8-4-2-5-9-14)19-17(22-13)15-10-6-3-7-11-15/h2-11H,12H2,1H3. The number of rotatable bonds is 4. The summed E-state index contributed by atoms with van der Waals surface area (Å²) in [5.74, 6) is -0.375. The molecule has 0 bridgehead atoms. The fraction of sp³-hybridized carbons (Fsp3) is 0.111. The summed E-state index contributed by atoms with van der Waals surface area (Å²) >= 11 is 1.51. The van der Waals surface area contributed by atoms with Gasteiger partial charge in [-0.15, -0.1) is 11.3 Å². The van der Waals surface area contributed by atoms with E-state index in [0.717, 1.165) is 21.0 Å². The van der Waals surface area contributed by atoms with Crippen LogP contribution in [0.5, 0.6) is 0 Å². The van der Waals surface area contributed by atoms with Crippen LogP contribution in [0.4, 0.5) is 0 Å². The number of carbonyl (C=O) groups is 1. The molecule has 3 rings (SSSR count). The van der Waals surface area contributed by atoms with Gasteiger partial charge in [-0.05, 0) is 12.5 Å². The topological polar surface area (TPSA) is 39.2 Å². The highest BCUT2D eigenvalue weighted by molar-refractivity contribution is 7.15. The van der Waals surface area contributed by atoms with E-state index < -0.39 is 0 Å². The van der Waals surface area contributed by atoms with Crippen molar-refractivity contribution < 1.29 is 9.53 Å². The molecule has 4 heteroatoms. The molecule has 0 aliphatic carbocycles. The molecule has 110 valence electrons. The number of carbonyl (C=O) groups excluding carboxylic acids is 1. The number of aromatic nitrogens is 1. The number of esters is 1. The van der Waals surface area contributed by atoms with Gasteiger partial charge in [-0.25, -0.2) is 9.78 Å². The molecule has 1 heterocycles. The summed E-state index contributed by atoms with van der Waals surface area (Å²) in [6.45, 7) is 2.15. The molecule has 0 N–H and O–H groups in total. The van der Waals surface area contributed by atoms with Crippen molar-refractivity contribution in [1.82, 2.24) is 4.98 Å². The SMILES string of the molecule is Cc1sc(-c2ccccc2)nc1C(=O)OCc1ccccc1. The molecule has 1 aromatic heterocycles. The van der Waals surface area contributed by atoms with Crippen molar-refractivity contribution in [3.8, 4) is 10.6 Å². The molecule has 0 amide bonds. The zero-order valence-corrected chi connectivity index (χ0v) is 13.0. The number of aryl methyl sites for hydroxylation is 1. The first kappa shape index (κ1) is 14.5. The first-order valence-corrected chi connectivity index (χ1v) is 7.79. The van der Waals surface area contributed by atoms with Crippen LogP contribution in [0, 0.1) is 6.92 Å². The van der Waals surface area contributed by atoms with Gasteiger partial charge < -0.3 is 4.74 Å². The van der Waals surface area contributed by atoms with E-state index in [1.54, 1.807) is 0 Å². The molecule has 3 nitrogen and oxygen atoms in total. The van der Waals surface area contributed by atoms with Gasteiger partial charge in [-0.3, -0.25) is 0 Å². The molecule has 3 aromatic rings. The lowest BCUT2D eigenvalue weighted by Gasteiger charge is -2.03. The van der Waals surface area contributed by atoms with Crippen LogP contribution in [0.15, 0.2) is 60.7 Å². The average molecular weight is 309 g/mol. The highest BCUT2D eigenvalue weighted by Gasteiger charge is 2.17. The zero-order chi connectivity index (χ0) is 15.4. The summed E-state index contributed by atoms with van der Waals surface area (Å²) in [5, 5.41) is 0.838. The molecule has 0 fully saturated rings. The number of thiazole rings is 1. The smallest absolute Gasteiger partial charge is 0.358 e. The summed E-state index contributed by atoms with van der Waals surface area (Å²) in [6, 6.07) is 19.5. The average Bonchev–Trinajstić information content (AvgIpc) is 2.96. The number of ether oxygens (including phenoxy) is 1. The number of hydrogen-bond acceptors (Lipinski definition) is 4. The van der Waals surface area contributed by atoms with Crippen molar-refractivity contribution in [1.29, 1.82) is 0 Å². The van der Waals surface area contributed by atoms with Gasteiger partial charge in [-0.1, -0.05) is 60.7 Å². The van der Waals surface area contributed by atoms with Gasteiger partial charge in [0.25, 0.3) is 0 Å². The lowest BCUT2D eigenvalue weighted by Crippen LogP contribution is -2.07. The van der Waals surface area contributed by atoms with Crippen molar-refractivity contribution in [2.75, 3.05) is 0 Å². The molecule has 2 aromatic carbocycles. The van der Waals surface area contributed by atoms with E-state index in [2.05, 4.69) is 4.98 Å². The van der Waals surface area contributed by atoms with Crippen LogP contribution in [0.1, 0.15) is 20.9 Å². The first-order valence-electron chi connectivity index (χ1n) is 6.98. The van der Waals surface area contributed by atoms with Gasteiger partial charge in [0.2, 0.25) is 0 Å². The summed E-state index contributed by atoms with van der Waals surface area (Å²) in [6.07, 6.45) is 0. The van der Waals surface area contributed by atoms with Gasteiger partial charge in [-0.2, -0.15) is 0 Å². The Morgan fingerprint density at radius 2 is 1.68 bits per heavy atom. The quantitative estimate of drug-likeness (QED) is 0.667. The van der Waals surface area contributed by atoms with Crippen LogP contribution in [0.25, 0.3) is 10.6 Å². The first-order chi connectivity index (χ1) is 10.7. The lowest BCUT2D eigenvalue weighted by atomic mass is 10.2. The van der Waals surface area contributed by atoms with Crippen LogP contribution >= 0.6 is 11.3 Å². The monoisotopic (exact) mass is 309 g/mol. The summed E-state index contributed by atoms with van der Waals surface area (Å²) in [4.78, 5) is 17.5. The highest BCUT2D eigenvalue weighted by atomic mass is 32.1.